The molecule has 1 aromatic carbocycles. The summed E-state index contributed by atoms with van der Waals surface area (Å²) in [7, 11) is 1.53. The van der Waals surface area contributed by atoms with Crippen LogP contribution in [0.3, 0.4) is 0 Å². The van der Waals surface area contributed by atoms with Crippen LogP contribution in [0.4, 0.5) is 0 Å². The van der Waals surface area contributed by atoms with Gasteiger partial charge in [-0.2, -0.15) is 0 Å². The van der Waals surface area contributed by atoms with Gasteiger partial charge in [0.1, 0.15) is 0 Å². The second-order valence-electron chi connectivity index (χ2n) is 4.44. The third kappa shape index (κ3) is 1.98. The first-order chi connectivity index (χ1) is 10.6. The van der Waals surface area contributed by atoms with Gasteiger partial charge in [0.05, 0.1) is 0 Å². The van der Waals surface area contributed by atoms with Crippen molar-refractivity contribution in [3.8, 4) is 0 Å². The molecular formula is C12H8IN6O2S-. The van der Waals surface area contributed by atoms with E-state index >= 15 is 0 Å². The molecule has 0 fully saturated rings. The molecule has 10 heteroatoms. The van der Waals surface area contributed by atoms with Crippen LogP contribution < -0.4 is 32.7 Å². The topological polar surface area (TPSA) is 87.1 Å². The number of fused-ring (bicyclic) bond motifs is 2. The predicted octanol–water partition coefficient (Wildman–Crippen LogP) is -3.08. The summed E-state index contributed by atoms with van der Waals surface area (Å²) in [4.78, 5) is 28.8. The normalized spacial score (nSPS) is 11.7. The third-order valence-electron chi connectivity index (χ3n) is 3.06. The molecule has 0 N–H and O–H groups in total. The van der Waals surface area contributed by atoms with E-state index in [1.807, 2.05) is 24.3 Å². The van der Waals surface area contributed by atoms with Crippen molar-refractivity contribution in [2.24, 2.45) is 7.05 Å². The zero-order valence-electron chi connectivity index (χ0n) is 11.2. The Morgan fingerprint density at radius 2 is 2.05 bits per heavy atom. The van der Waals surface area contributed by atoms with E-state index in [1.54, 1.807) is 2.17 Å². The number of hydrogen-bond acceptors (Lipinski definition) is 6. The molecule has 0 aliphatic heterocycles. The number of hydrogen-bond donors (Lipinski definition) is 0. The maximum absolute atomic E-state index is 12.4. The molecule has 0 aliphatic carbocycles. The summed E-state index contributed by atoms with van der Waals surface area (Å²) in [5.41, 5.74) is 0.0438. The Bertz CT molecular complexity index is 1120. The Labute approximate surface area is 137 Å². The van der Waals surface area contributed by atoms with Gasteiger partial charge in [-0.15, -0.1) is 0 Å². The van der Waals surface area contributed by atoms with Crippen LogP contribution in [-0.2, 0) is 7.05 Å². The Hall–Kier alpha value is -2.08. The molecule has 22 heavy (non-hydrogen) atoms. The van der Waals surface area contributed by atoms with Crippen LogP contribution in [0.2, 0.25) is 0 Å². The van der Waals surface area contributed by atoms with Gasteiger partial charge in [0.2, 0.25) is 0 Å². The van der Waals surface area contributed by atoms with Crippen LogP contribution in [0.15, 0.2) is 40.1 Å². The average molecular weight is 427 g/mol. The van der Waals surface area contributed by atoms with Crippen molar-refractivity contribution < 1.29 is 21.5 Å². The van der Waals surface area contributed by atoms with E-state index in [-0.39, 0.29) is 11.2 Å². The third-order valence-corrected chi connectivity index (χ3v) is 7.06. The van der Waals surface area contributed by atoms with Crippen molar-refractivity contribution in [2.75, 3.05) is 0 Å². The molecule has 0 amide bonds. The standard InChI is InChI=1S/C12H8IN6O2S/c1-17-12(21)18-9(15-16-17)6-14-11(18)13-19-10(20)7-4-2-3-5-8(7)22-19/h2-6H,1H3/q-1. The monoisotopic (exact) mass is 427 g/mol. The first-order valence-corrected chi connectivity index (χ1v) is 9.01. The van der Waals surface area contributed by atoms with Crippen molar-refractivity contribution in [1.29, 1.82) is 0 Å². The number of nitrogens with zero attached hydrogens (tertiary/aromatic N) is 6. The van der Waals surface area contributed by atoms with E-state index in [0.29, 0.717) is 14.9 Å². The molecule has 0 spiro atoms. The fourth-order valence-electron chi connectivity index (χ4n) is 1.99. The Kier molecular flexibility index (Phi) is 3.07. The number of imidazole rings is 1. The van der Waals surface area contributed by atoms with E-state index in [4.69, 9.17) is 0 Å². The van der Waals surface area contributed by atoms with Crippen LogP contribution in [0.1, 0.15) is 0 Å². The molecule has 3 heterocycles. The van der Waals surface area contributed by atoms with Crippen molar-refractivity contribution >= 4 is 27.3 Å². The summed E-state index contributed by atoms with van der Waals surface area (Å²) in [5, 5.41) is 8.33. The SMILES string of the molecule is Cn1nnc2cnc([I-]n3sc4ccccc4c3=O)n2c1=O. The van der Waals surface area contributed by atoms with Crippen LogP contribution >= 0.6 is 11.5 Å². The molecule has 4 rings (SSSR count). The molecule has 0 unspecified atom stereocenters. The van der Waals surface area contributed by atoms with Crippen molar-refractivity contribution in [1.82, 2.24) is 26.5 Å². The number of halogens is 1. The second-order valence-corrected chi connectivity index (χ2v) is 8.49. The minimum absolute atomic E-state index is 0.0380. The molecular weight excluding hydrogens is 419 g/mol. The van der Waals surface area contributed by atoms with Crippen LogP contribution in [0.25, 0.3) is 15.7 Å². The fraction of sp³-hybridized carbons (Fsp3) is 0.0833. The van der Waals surface area contributed by atoms with Crippen molar-refractivity contribution in [2.45, 2.75) is 0 Å². The van der Waals surface area contributed by atoms with Gasteiger partial charge in [0, 0.05) is 0 Å². The maximum atomic E-state index is 12.4. The molecule has 0 saturated heterocycles. The summed E-state index contributed by atoms with van der Waals surface area (Å²) in [5.74, 6) is 0. The van der Waals surface area contributed by atoms with Crippen LogP contribution in [-0.4, -0.2) is 26.5 Å². The van der Waals surface area contributed by atoms with Gasteiger partial charge in [-0.3, -0.25) is 0 Å². The summed E-state index contributed by atoms with van der Waals surface area (Å²) >= 11 is 0.454. The predicted molar refractivity (Wildman–Crippen MR) is 76.2 cm³/mol. The number of benzene rings is 1. The summed E-state index contributed by atoms with van der Waals surface area (Å²) in [6.45, 7) is 0. The van der Waals surface area contributed by atoms with Gasteiger partial charge in [-0.1, -0.05) is 0 Å². The molecule has 8 nitrogen and oxygen atoms in total. The Morgan fingerprint density at radius 3 is 2.86 bits per heavy atom. The van der Waals surface area contributed by atoms with E-state index in [0.717, 1.165) is 9.38 Å². The summed E-state index contributed by atoms with van der Waals surface area (Å²) < 4.78 is 5.75. The van der Waals surface area contributed by atoms with Gasteiger partial charge in [0.15, 0.2) is 0 Å². The molecule has 0 aliphatic rings. The van der Waals surface area contributed by atoms with Gasteiger partial charge in [0.25, 0.3) is 0 Å². The van der Waals surface area contributed by atoms with E-state index in [9.17, 15) is 9.59 Å². The summed E-state index contributed by atoms with van der Waals surface area (Å²) in [6.07, 6.45) is 1.50. The zero-order chi connectivity index (χ0) is 15.3. The van der Waals surface area contributed by atoms with Gasteiger partial charge in [-0.05, 0) is 0 Å². The van der Waals surface area contributed by atoms with Crippen LogP contribution in [0.5, 0.6) is 0 Å². The molecule has 0 bridgehead atoms. The van der Waals surface area contributed by atoms with Gasteiger partial charge < -0.3 is 0 Å². The van der Waals surface area contributed by atoms with E-state index in [1.165, 1.54) is 29.2 Å². The number of aryl methyl sites for hydroxylation is 1. The molecule has 112 valence electrons. The quantitative estimate of drug-likeness (QED) is 0.317. The van der Waals surface area contributed by atoms with Gasteiger partial charge >= 0.3 is 137 Å². The van der Waals surface area contributed by atoms with E-state index < -0.39 is 21.5 Å². The second kappa shape index (κ2) is 4.98. The Morgan fingerprint density at radius 1 is 1.23 bits per heavy atom. The molecule has 0 radical (unpaired) electrons. The average Bonchev–Trinajstić information content (AvgIpc) is 3.07. The minimum atomic E-state index is -0.942. The zero-order valence-corrected chi connectivity index (χ0v) is 14.1. The fourth-order valence-corrected chi connectivity index (χ4v) is 5.93. The number of rotatable bonds is 2. The summed E-state index contributed by atoms with van der Waals surface area (Å²) in [6, 6.07) is 7.46. The van der Waals surface area contributed by atoms with Crippen molar-refractivity contribution in [3.05, 3.63) is 55.1 Å². The first kappa shape index (κ1) is 13.6. The molecule has 3 aromatic heterocycles. The number of aromatic nitrogens is 6. The first-order valence-electron chi connectivity index (χ1n) is 6.19. The molecule has 4 aromatic rings. The van der Waals surface area contributed by atoms with Gasteiger partial charge in [-0.25, -0.2) is 0 Å². The Balaban J connectivity index is 1.90. The molecule has 0 atom stereocenters. The van der Waals surface area contributed by atoms with Crippen molar-refractivity contribution in [3.63, 3.8) is 0 Å². The van der Waals surface area contributed by atoms with Crippen LogP contribution in [0, 0.1) is 3.83 Å². The van der Waals surface area contributed by atoms with E-state index in [2.05, 4.69) is 15.3 Å². The molecule has 0 saturated carbocycles.